The van der Waals surface area contributed by atoms with Crippen molar-refractivity contribution in [3.8, 4) is 11.4 Å². The Morgan fingerprint density at radius 1 is 1.10 bits per heavy atom. The van der Waals surface area contributed by atoms with Crippen molar-refractivity contribution >= 4 is 33.6 Å². The van der Waals surface area contributed by atoms with Gasteiger partial charge in [0.15, 0.2) is 11.0 Å². The zero-order chi connectivity index (χ0) is 20.9. The van der Waals surface area contributed by atoms with Gasteiger partial charge in [0.25, 0.3) is 0 Å². The number of amides is 1. The number of hydrogen-bond acceptors (Lipinski definition) is 4. The molecule has 0 aliphatic carbocycles. The lowest BCUT2D eigenvalue weighted by atomic mass is 10.0. The molecule has 3 aromatic rings. The molecule has 2 aromatic carbocycles. The van der Waals surface area contributed by atoms with Gasteiger partial charge in [-0.2, -0.15) is 0 Å². The number of likely N-dealkylation sites (tertiary alicyclic amines) is 1. The number of hydrogen-bond donors (Lipinski definition) is 0. The molecular formula is C23H25BrN4OS. The van der Waals surface area contributed by atoms with E-state index >= 15 is 0 Å². The highest BCUT2D eigenvalue weighted by Crippen LogP contribution is 2.30. The smallest absolute Gasteiger partial charge is 0.233 e. The summed E-state index contributed by atoms with van der Waals surface area (Å²) in [6.07, 6.45) is 3.39. The molecule has 156 valence electrons. The van der Waals surface area contributed by atoms with Crippen LogP contribution in [0.2, 0.25) is 0 Å². The van der Waals surface area contributed by atoms with Crippen LogP contribution in [0.1, 0.15) is 31.7 Å². The second-order valence-corrected chi connectivity index (χ2v) is 9.38. The molecule has 1 amide bonds. The molecule has 1 aromatic heterocycles. The van der Waals surface area contributed by atoms with Crippen LogP contribution in [0.5, 0.6) is 0 Å². The molecule has 0 N–H and O–H groups in total. The van der Waals surface area contributed by atoms with Crippen molar-refractivity contribution < 1.29 is 4.79 Å². The van der Waals surface area contributed by atoms with Gasteiger partial charge >= 0.3 is 0 Å². The Morgan fingerprint density at radius 2 is 1.87 bits per heavy atom. The van der Waals surface area contributed by atoms with E-state index in [2.05, 4.69) is 49.8 Å². The minimum atomic E-state index is 0.184. The molecular weight excluding hydrogens is 460 g/mol. The first-order chi connectivity index (χ1) is 14.6. The first kappa shape index (κ1) is 21.1. The lowest BCUT2D eigenvalue weighted by molar-refractivity contribution is -0.131. The largest absolute Gasteiger partial charge is 0.339 e. The van der Waals surface area contributed by atoms with Crippen LogP contribution in [0, 0.1) is 0 Å². The van der Waals surface area contributed by atoms with E-state index in [1.807, 2.05) is 47.4 Å². The zero-order valence-electron chi connectivity index (χ0n) is 17.0. The summed E-state index contributed by atoms with van der Waals surface area (Å²) in [5.74, 6) is 1.37. The fourth-order valence-electron chi connectivity index (χ4n) is 3.82. The predicted octanol–water partition coefficient (Wildman–Crippen LogP) is 5.25. The standard InChI is InChI=1S/C23H25BrN4OS/c1-17-9-7-8-14-27(17)21(29)16-30-23-26-25-22(19-12-5-6-13-20(19)24)28(23)15-18-10-3-2-4-11-18/h2-6,10-13,17H,7-9,14-16H2,1H3/t17-/m1/s1. The van der Waals surface area contributed by atoms with E-state index in [0.717, 1.165) is 40.4 Å². The number of carbonyl (C=O) groups excluding carboxylic acids is 1. The van der Waals surface area contributed by atoms with Crippen LogP contribution in [0.25, 0.3) is 11.4 Å². The molecule has 1 atom stereocenters. The number of aromatic nitrogens is 3. The lowest BCUT2D eigenvalue weighted by Crippen LogP contribution is -2.43. The monoisotopic (exact) mass is 484 g/mol. The van der Waals surface area contributed by atoms with Gasteiger partial charge in [0.05, 0.1) is 12.3 Å². The Hall–Kier alpha value is -2.12. The third-order valence-corrected chi connectivity index (χ3v) is 7.11. The second kappa shape index (κ2) is 9.79. The molecule has 4 rings (SSSR count). The van der Waals surface area contributed by atoms with Gasteiger partial charge in [0, 0.05) is 22.6 Å². The number of benzene rings is 2. The van der Waals surface area contributed by atoms with Crippen molar-refractivity contribution in [3.05, 3.63) is 64.6 Å². The van der Waals surface area contributed by atoms with E-state index in [9.17, 15) is 4.79 Å². The number of halogens is 1. The molecule has 0 unspecified atom stereocenters. The van der Waals surface area contributed by atoms with Gasteiger partial charge < -0.3 is 4.90 Å². The summed E-state index contributed by atoms with van der Waals surface area (Å²) >= 11 is 5.11. The fourth-order valence-corrected chi connectivity index (χ4v) is 5.11. The summed E-state index contributed by atoms with van der Waals surface area (Å²) in [6, 6.07) is 18.6. The van der Waals surface area contributed by atoms with Gasteiger partial charge in [-0.3, -0.25) is 9.36 Å². The van der Waals surface area contributed by atoms with Gasteiger partial charge in [-0.05, 0) is 37.8 Å². The molecule has 0 spiro atoms. The maximum absolute atomic E-state index is 12.8. The molecule has 0 saturated carbocycles. The SMILES string of the molecule is C[C@@H]1CCCCN1C(=O)CSc1nnc(-c2ccccc2Br)n1Cc1ccccc1. The molecule has 0 bridgehead atoms. The lowest BCUT2D eigenvalue weighted by Gasteiger charge is -2.33. The van der Waals surface area contributed by atoms with Crippen LogP contribution in [0.15, 0.2) is 64.2 Å². The second-order valence-electron chi connectivity index (χ2n) is 7.58. The molecule has 1 saturated heterocycles. The van der Waals surface area contributed by atoms with Gasteiger partial charge in [-0.1, -0.05) is 76.2 Å². The van der Waals surface area contributed by atoms with Crippen LogP contribution in [-0.4, -0.2) is 43.9 Å². The van der Waals surface area contributed by atoms with Gasteiger partial charge in [-0.15, -0.1) is 10.2 Å². The highest BCUT2D eigenvalue weighted by atomic mass is 79.9. The van der Waals surface area contributed by atoms with E-state index in [4.69, 9.17) is 0 Å². The van der Waals surface area contributed by atoms with Crippen molar-refractivity contribution in [3.63, 3.8) is 0 Å². The average Bonchev–Trinajstić information content (AvgIpc) is 3.15. The van der Waals surface area contributed by atoms with E-state index in [-0.39, 0.29) is 5.91 Å². The molecule has 30 heavy (non-hydrogen) atoms. The quantitative estimate of drug-likeness (QED) is 0.448. The third kappa shape index (κ3) is 4.78. The van der Waals surface area contributed by atoms with Crippen LogP contribution in [0.3, 0.4) is 0 Å². The topological polar surface area (TPSA) is 51.0 Å². The maximum atomic E-state index is 12.8. The molecule has 1 aliphatic rings. The maximum Gasteiger partial charge on any atom is 0.233 e. The van der Waals surface area contributed by atoms with Crippen molar-refractivity contribution in [1.29, 1.82) is 0 Å². The van der Waals surface area contributed by atoms with E-state index in [1.165, 1.54) is 23.7 Å². The van der Waals surface area contributed by atoms with E-state index in [0.29, 0.717) is 18.3 Å². The Bertz CT molecular complexity index is 1010. The predicted molar refractivity (Wildman–Crippen MR) is 124 cm³/mol. The number of thioether (sulfide) groups is 1. The van der Waals surface area contributed by atoms with E-state index in [1.54, 1.807) is 0 Å². The minimum absolute atomic E-state index is 0.184. The van der Waals surface area contributed by atoms with Crippen LogP contribution in [0.4, 0.5) is 0 Å². The van der Waals surface area contributed by atoms with Crippen LogP contribution in [-0.2, 0) is 11.3 Å². The number of nitrogens with zero attached hydrogens (tertiary/aromatic N) is 4. The van der Waals surface area contributed by atoms with Crippen molar-refractivity contribution in [1.82, 2.24) is 19.7 Å². The van der Waals surface area contributed by atoms with Crippen molar-refractivity contribution in [2.45, 2.75) is 43.9 Å². The number of rotatable bonds is 6. The summed E-state index contributed by atoms with van der Waals surface area (Å²) in [5.41, 5.74) is 2.16. The first-order valence-electron chi connectivity index (χ1n) is 10.3. The van der Waals surface area contributed by atoms with Crippen molar-refractivity contribution in [2.24, 2.45) is 0 Å². The Kier molecular flexibility index (Phi) is 6.89. The zero-order valence-corrected chi connectivity index (χ0v) is 19.4. The van der Waals surface area contributed by atoms with E-state index < -0.39 is 0 Å². The van der Waals surface area contributed by atoms with Gasteiger partial charge in [0.2, 0.25) is 5.91 Å². The van der Waals surface area contributed by atoms with Crippen LogP contribution < -0.4 is 0 Å². The molecule has 7 heteroatoms. The Balaban J connectivity index is 1.59. The summed E-state index contributed by atoms with van der Waals surface area (Å²) in [6.45, 7) is 3.66. The molecule has 1 fully saturated rings. The normalized spacial score (nSPS) is 16.6. The summed E-state index contributed by atoms with van der Waals surface area (Å²) < 4.78 is 3.08. The number of piperidine rings is 1. The first-order valence-corrected chi connectivity index (χ1v) is 12.1. The van der Waals surface area contributed by atoms with Crippen LogP contribution >= 0.6 is 27.7 Å². The third-order valence-electron chi connectivity index (χ3n) is 5.46. The number of carbonyl (C=O) groups is 1. The molecule has 0 radical (unpaired) electrons. The average molecular weight is 485 g/mol. The van der Waals surface area contributed by atoms with Gasteiger partial charge in [-0.25, -0.2) is 0 Å². The highest BCUT2D eigenvalue weighted by Gasteiger charge is 2.24. The molecule has 1 aliphatic heterocycles. The molecule has 2 heterocycles. The summed E-state index contributed by atoms with van der Waals surface area (Å²) in [7, 11) is 0. The summed E-state index contributed by atoms with van der Waals surface area (Å²) in [4.78, 5) is 14.8. The Morgan fingerprint density at radius 3 is 2.63 bits per heavy atom. The summed E-state index contributed by atoms with van der Waals surface area (Å²) in [5, 5.41) is 9.70. The highest BCUT2D eigenvalue weighted by molar-refractivity contribution is 9.10. The fraction of sp³-hybridized carbons (Fsp3) is 0.348. The van der Waals surface area contributed by atoms with Crippen molar-refractivity contribution in [2.75, 3.05) is 12.3 Å². The van der Waals surface area contributed by atoms with Gasteiger partial charge in [0.1, 0.15) is 0 Å². The molecule has 5 nitrogen and oxygen atoms in total. The minimum Gasteiger partial charge on any atom is -0.339 e. The Labute approximate surface area is 190 Å².